The van der Waals surface area contributed by atoms with Crippen LogP contribution in [0.3, 0.4) is 0 Å². The van der Waals surface area contributed by atoms with Gasteiger partial charge in [0, 0.05) is 33.7 Å². The number of guanidine groups is 1. The van der Waals surface area contributed by atoms with Crippen molar-refractivity contribution in [2.75, 3.05) is 40.3 Å². The summed E-state index contributed by atoms with van der Waals surface area (Å²) < 4.78 is 0. The number of likely N-dealkylation sites (tertiary alicyclic amines) is 1. The molecule has 0 bridgehead atoms. The molecule has 0 aromatic heterocycles. The monoisotopic (exact) mass is 226 g/mol. The van der Waals surface area contributed by atoms with Crippen LogP contribution in [-0.4, -0.2) is 61.9 Å². The van der Waals surface area contributed by atoms with E-state index in [4.69, 9.17) is 0 Å². The summed E-state index contributed by atoms with van der Waals surface area (Å²) in [4.78, 5) is 19.8. The highest BCUT2D eigenvalue weighted by Gasteiger charge is 2.17. The second kappa shape index (κ2) is 6.35. The molecule has 5 heteroatoms. The Hall–Kier alpha value is -1.26. The molecule has 1 aliphatic rings. The lowest BCUT2D eigenvalue weighted by atomic mass is 10.4. The van der Waals surface area contributed by atoms with E-state index in [2.05, 4.69) is 10.3 Å². The number of aliphatic imine (C=N–C) groups is 1. The van der Waals surface area contributed by atoms with Crippen LogP contribution in [0.4, 0.5) is 0 Å². The minimum Gasteiger partial charge on any atom is -0.357 e. The highest BCUT2D eigenvalue weighted by atomic mass is 16.2. The van der Waals surface area contributed by atoms with Gasteiger partial charge in [0.1, 0.15) is 6.54 Å². The highest BCUT2D eigenvalue weighted by molar-refractivity contribution is 5.84. The Bertz CT molecular complexity index is 257. The number of rotatable bonds is 3. The van der Waals surface area contributed by atoms with Gasteiger partial charge in [-0.05, 0) is 19.8 Å². The Morgan fingerprint density at radius 1 is 1.38 bits per heavy atom. The molecule has 0 spiro atoms. The zero-order valence-corrected chi connectivity index (χ0v) is 10.5. The van der Waals surface area contributed by atoms with Crippen LogP contribution < -0.4 is 5.32 Å². The van der Waals surface area contributed by atoms with Crippen molar-refractivity contribution in [1.82, 2.24) is 15.1 Å². The smallest absolute Gasteiger partial charge is 0.244 e. The van der Waals surface area contributed by atoms with Crippen LogP contribution >= 0.6 is 0 Å². The van der Waals surface area contributed by atoms with E-state index >= 15 is 0 Å². The number of carbonyl (C=O) groups excluding carboxylic acids is 1. The molecule has 1 aliphatic heterocycles. The van der Waals surface area contributed by atoms with Gasteiger partial charge in [0.2, 0.25) is 5.91 Å². The van der Waals surface area contributed by atoms with Crippen molar-refractivity contribution >= 4 is 11.9 Å². The van der Waals surface area contributed by atoms with E-state index < -0.39 is 0 Å². The molecule has 16 heavy (non-hydrogen) atoms. The van der Waals surface area contributed by atoms with Crippen LogP contribution in [0.5, 0.6) is 0 Å². The van der Waals surface area contributed by atoms with E-state index in [0.717, 1.165) is 38.4 Å². The summed E-state index contributed by atoms with van der Waals surface area (Å²) >= 11 is 0. The van der Waals surface area contributed by atoms with Crippen molar-refractivity contribution in [2.45, 2.75) is 19.8 Å². The fraction of sp³-hybridized carbons (Fsp3) is 0.818. The molecular weight excluding hydrogens is 204 g/mol. The summed E-state index contributed by atoms with van der Waals surface area (Å²) in [5.74, 6) is 0.907. The number of nitrogens with one attached hydrogen (secondary N) is 1. The number of nitrogens with zero attached hydrogens (tertiary/aromatic N) is 3. The van der Waals surface area contributed by atoms with Gasteiger partial charge in [-0.25, -0.2) is 4.99 Å². The Morgan fingerprint density at radius 3 is 2.50 bits per heavy atom. The topological polar surface area (TPSA) is 47.9 Å². The van der Waals surface area contributed by atoms with Gasteiger partial charge in [-0.2, -0.15) is 0 Å². The van der Waals surface area contributed by atoms with Crippen molar-refractivity contribution in [2.24, 2.45) is 4.99 Å². The van der Waals surface area contributed by atoms with E-state index in [1.165, 1.54) is 0 Å². The molecule has 0 unspecified atom stereocenters. The molecule has 92 valence electrons. The summed E-state index contributed by atoms with van der Waals surface area (Å²) in [5.41, 5.74) is 0. The molecule has 1 N–H and O–H groups in total. The summed E-state index contributed by atoms with van der Waals surface area (Å²) in [5, 5.41) is 3.13. The van der Waals surface area contributed by atoms with E-state index in [1.807, 2.05) is 30.8 Å². The van der Waals surface area contributed by atoms with Gasteiger partial charge in [0.05, 0.1) is 0 Å². The zero-order valence-electron chi connectivity index (χ0n) is 10.5. The van der Waals surface area contributed by atoms with E-state index in [1.54, 1.807) is 0 Å². The summed E-state index contributed by atoms with van der Waals surface area (Å²) in [6, 6.07) is 0. The SMILES string of the molecule is CCNC(=NCC(=O)N1CCCC1)N(C)C. The molecule has 0 aromatic carbocycles. The maximum absolute atomic E-state index is 11.7. The van der Waals surface area contributed by atoms with Gasteiger partial charge >= 0.3 is 0 Å². The summed E-state index contributed by atoms with van der Waals surface area (Å²) in [7, 11) is 3.84. The zero-order chi connectivity index (χ0) is 12.0. The van der Waals surface area contributed by atoms with Gasteiger partial charge in [0.25, 0.3) is 0 Å². The fourth-order valence-corrected chi connectivity index (χ4v) is 1.72. The first-order valence-corrected chi connectivity index (χ1v) is 5.88. The fourth-order valence-electron chi connectivity index (χ4n) is 1.72. The molecule has 1 amide bonds. The predicted molar refractivity (Wildman–Crippen MR) is 65.5 cm³/mol. The largest absolute Gasteiger partial charge is 0.357 e. The van der Waals surface area contributed by atoms with Crippen LogP contribution in [0.15, 0.2) is 4.99 Å². The molecule has 0 aromatic rings. The Kier molecular flexibility index (Phi) is 5.08. The minimum absolute atomic E-state index is 0.134. The summed E-state index contributed by atoms with van der Waals surface area (Å²) in [6.07, 6.45) is 2.26. The third-order valence-electron chi connectivity index (χ3n) is 2.58. The second-order valence-electron chi connectivity index (χ2n) is 4.15. The molecule has 5 nitrogen and oxygen atoms in total. The number of amides is 1. The first-order valence-electron chi connectivity index (χ1n) is 5.88. The van der Waals surface area contributed by atoms with E-state index in [-0.39, 0.29) is 12.5 Å². The summed E-state index contributed by atoms with van der Waals surface area (Å²) in [6.45, 7) is 4.87. The molecule has 1 heterocycles. The normalized spacial score (nSPS) is 16.4. The first-order chi connectivity index (χ1) is 7.65. The maximum atomic E-state index is 11.7. The van der Waals surface area contributed by atoms with Gasteiger partial charge in [-0.15, -0.1) is 0 Å². The highest BCUT2D eigenvalue weighted by Crippen LogP contribution is 2.07. The maximum Gasteiger partial charge on any atom is 0.244 e. The van der Waals surface area contributed by atoms with Gasteiger partial charge in [0.15, 0.2) is 5.96 Å². The lowest BCUT2D eigenvalue weighted by molar-refractivity contribution is -0.128. The molecule has 0 atom stereocenters. The number of carbonyl (C=O) groups is 1. The first kappa shape index (κ1) is 12.8. The van der Waals surface area contributed by atoms with Crippen LogP contribution in [0.1, 0.15) is 19.8 Å². The molecule has 1 rings (SSSR count). The Balaban J connectivity index is 2.45. The van der Waals surface area contributed by atoms with Crippen LogP contribution in [0, 0.1) is 0 Å². The van der Waals surface area contributed by atoms with E-state index in [9.17, 15) is 4.79 Å². The average molecular weight is 226 g/mol. The Morgan fingerprint density at radius 2 is 2.00 bits per heavy atom. The molecular formula is C11H22N4O. The number of hydrogen-bond acceptors (Lipinski definition) is 2. The van der Waals surface area contributed by atoms with Gasteiger partial charge in [-0.1, -0.05) is 0 Å². The molecule has 0 aliphatic carbocycles. The van der Waals surface area contributed by atoms with Crippen molar-refractivity contribution in [3.8, 4) is 0 Å². The minimum atomic E-state index is 0.134. The van der Waals surface area contributed by atoms with E-state index in [0.29, 0.717) is 0 Å². The van der Waals surface area contributed by atoms with Crippen molar-refractivity contribution in [1.29, 1.82) is 0 Å². The molecule has 0 radical (unpaired) electrons. The van der Waals surface area contributed by atoms with Crippen molar-refractivity contribution in [3.63, 3.8) is 0 Å². The molecule has 1 saturated heterocycles. The lowest BCUT2D eigenvalue weighted by Crippen LogP contribution is -2.38. The van der Waals surface area contributed by atoms with Gasteiger partial charge < -0.3 is 15.1 Å². The third-order valence-corrected chi connectivity index (χ3v) is 2.58. The van der Waals surface area contributed by atoms with Gasteiger partial charge in [-0.3, -0.25) is 4.79 Å². The quantitative estimate of drug-likeness (QED) is 0.550. The van der Waals surface area contributed by atoms with Crippen molar-refractivity contribution in [3.05, 3.63) is 0 Å². The van der Waals surface area contributed by atoms with Crippen LogP contribution in [0.2, 0.25) is 0 Å². The molecule has 0 saturated carbocycles. The molecule has 1 fully saturated rings. The van der Waals surface area contributed by atoms with Crippen LogP contribution in [-0.2, 0) is 4.79 Å². The number of hydrogen-bond donors (Lipinski definition) is 1. The standard InChI is InChI=1S/C11H22N4O/c1-4-12-11(14(2)3)13-9-10(16)15-7-5-6-8-15/h4-9H2,1-3H3,(H,12,13). The average Bonchev–Trinajstić information content (AvgIpc) is 2.76. The Labute approximate surface area is 97.5 Å². The second-order valence-corrected chi connectivity index (χ2v) is 4.15. The predicted octanol–water partition coefficient (Wildman–Crippen LogP) is 0.136. The van der Waals surface area contributed by atoms with Crippen molar-refractivity contribution < 1.29 is 4.79 Å². The third kappa shape index (κ3) is 3.72. The lowest BCUT2D eigenvalue weighted by Gasteiger charge is -2.18. The van der Waals surface area contributed by atoms with Crippen LogP contribution in [0.25, 0.3) is 0 Å².